The van der Waals surface area contributed by atoms with Crippen molar-refractivity contribution in [2.75, 3.05) is 17.6 Å². The van der Waals surface area contributed by atoms with Gasteiger partial charge in [-0.1, -0.05) is 57.2 Å². The summed E-state index contributed by atoms with van der Waals surface area (Å²) in [6.07, 6.45) is 4.62. The summed E-state index contributed by atoms with van der Waals surface area (Å²) in [5.41, 5.74) is 4.04. The first-order chi connectivity index (χ1) is 20.3. The van der Waals surface area contributed by atoms with E-state index in [1.165, 1.54) is 12.1 Å². The Kier molecular flexibility index (Phi) is 10.4. The number of rotatable bonds is 10. The summed E-state index contributed by atoms with van der Waals surface area (Å²) < 4.78 is 44.0. The Bertz CT molecular complexity index is 1490. The molecule has 43 heavy (non-hydrogen) atoms. The van der Waals surface area contributed by atoms with Crippen LogP contribution in [-0.4, -0.2) is 37.1 Å². The molecule has 9 heteroatoms. The second-order valence-electron chi connectivity index (χ2n) is 12.6. The lowest BCUT2D eigenvalue weighted by Gasteiger charge is -2.39. The molecule has 4 rings (SSSR count). The minimum absolute atomic E-state index is 0.0410. The lowest BCUT2D eigenvalue weighted by molar-refractivity contribution is -0.122. The fourth-order valence-corrected chi connectivity index (χ4v) is 6.29. The molecule has 1 unspecified atom stereocenters. The van der Waals surface area contributed by atoms with Crippen molar-refractivity contribution in [2.45, 2.75) is 52.9 Å². The first-order valence-corrected chi connectivity index (χ1v) is 16.4. The number of hydrogen-bond donors (Lipinski definition) is 3. The van der Waals surface area contributed by atoms with Crippen LogP contribution in [0, 0.1) is 29.0 Å². The van der Waals surface area contributed by atoms with Gasteiger partial charge in [0.15, 0.2) is 0 Å². The molecule has 2 amide bonds. The minimum Gasteiger partial charge on any atom is -0.351 e. The van der Waals surface area contributed by atoms with Gasteiger partial charge in [-0.2, -0.15) is 8.42 Å². The van der Waals surface area contributed by atoms with Gasteiger partial charge in [0, 0.05) is 23.7 Å². The van der Waals surface area contributed by atoms with Crippen molar-refractivity contribution in [3.63, 3.8) is 0 Å². The summed E-state index contributed by atoms with van der Waals surface area (Å²) in [4.78, 5) is 26.2. The third-order valence-corrected chi connectivity index (χ3v) is 9.27. The number of carbonyl (C=O) groups is 2. The second-order valence-corrected chi connectivity index (χ2v) is 14.2. The fourth-order valence-electron chi connectivity index (χ4n) is 5.93. The zero-order valence-electron chi connectivity index (χ0n) is 25.0. The van der Waals surface area contributed by atoms with Crippen LogP contribution in [0.3, 0.4) is 0 Å². The van der Waals surface area contributed by atoms with E-state index in [1.54, 1.807) is 24.3 Å². The van der Waals surface area contributed by atoms with Crippen LogP contribution in [-0.2, 0) is 21.3 Å². The van der Waals surface area contributed by atoms with E-state index in [0.717, 1.165) is 42.4 Å². The maximum Gasteiger partial charge on any atom is 0.266 e. The predicted octanol–water partition coefficient (Wildman–Crippen LogP) is 6.76. The van der Waals surface area contributed by atoms with Crippen molar-refractivity contribution in [3.05, 3.63) is 89.7 Å². The third-order valence-electron chi connectivity index (χ3n) is 8.55. The lowest BCUT2D eigenvalue weighted by atomic mass is 9.66. The highest BCUT2D eigenvalue weighted by Crippen LogP contribution is 2.42. The Hall–Kier alpha value is -3.56. The van der Waals surface area contributed by atoms with Crippen LogP contribution < -0.4 is 10.6 Å². The lowest BCUT2D eigenvalue weighted by Crippen LogP contribution is -2.35. The van der Waals surface area contributed by atoms with Crippen LogP contribution in [0.1, 0.15) is 62.4 Å². The molecule has 3 aromatic rings. The second kappa shape index (κ2) is 13.8. The number of amides is 2. The normalized spacial score (nSPS) is 18.1. The van der Waals surface area contributed by atoms with Crippen LogP contribution in [0.2, 0.25) is 0 Å². The molecule has 230 valence electrons. The number of benzene rings is 3. The molecular formula is C34H41FN2O5S. The first-order valence-electron chi connectivity index (χ1n) is 14.8. The predicted molar refractivity (Wildman–Crippen MR) is 168 cm³/mol. The van der Waals surface area contributed by atoms with Gasteiger partial charge in [0.05, 0.1) is 5.75 Å². The van der Waals surface area contributed by atoms with Gasteiger partial charge in [0.2, 0.25) is 5.91 Å². The summed E-state index contributed by atoms with van der Waals surface area (Å²) >= 11 is 0. The smallest absolute Gasteiger partial charge is 0.266 e. The quantitative estimate of drug-likeness (QED) is 0.220. The zero-order valence-corrected chi connectivity index (χ0v) is 25.8. The molecule has 3 aromatic carbocycles. The van der Waals surface area contributed by atoms with Crippen LogP contribution in [0.5, 0.6) is 0 Å². The molecule has 0 saturated heterocycles. The van der Waals surface area contributed by atoms with E-state index in [9.17, 15) is 22.4 Å². The molecule has 1 atom stereocenters. The van der Waals surface area contributed by atoms with Gasteiger partial charge < -0.3 is 10.6 Å². The molecule has 0 aliphatic heterocycles. The molecule has 3 N–H and O–H groups in total. The van der Waals surface area contributed by atoms with Gasteiger partial charge in [-0.25, -0.2) is 4.39 Å². The van der Waals surface area contributed by atoms with E-state index in [0.29, 0.717) is 23.6 Å². The van der Waals surface area contributed by atoms with Crippen LogP contribution >= 0.6 is 0 Å². The Morgan fingerprint density at radius 3 is 1.98 bits per heavy atom. The van der Waals surface area contributed by atoms with Gasteiger partial charge >= 0.3 is 0 Å². The summed E-state index contributed by atoms with van der Waals surface area (Å²) in [6, 6.07) is 20.8. The topological polar surface area (TPSA) is 113 Å². The van der Waals surface area contributed by atoms with Crippen molar-refractivity contribution < 1.29 is 27.0 Å². The first kappa shape index (κ1) is 32.4. The largest absolute Gasteiger partial charge is 0.351 e. The summed E-state index contributed by atoms with van der Waals surface area (Å²) in [7, 11) is -4.16. The average molecular weight is 609 g/mol. The van der Waals surface area contributed by atoms with Crippen LogP contribution in [0.15, 0.2) is 72.8 Å². The highest BCUT2D eigenvalue weighted by atomic mass is 32.2. The fraction of sp³-hybridized carbons (Fsp3) is 0.412. The standard InChI is InChI=1S/C34H41FN2O5S/c1-34(2,3)28-14-8-26(9-15-28)31(22-23-4-6-27(7-5-23)32(38)36-20-21-43(40,41)42)33(39)37-30-18-12-25(13-19-30)24-10-16-29(35)17-11-24/h4-7,10-13,16-19,26,28,31H,8-9,14-15,20-22H2,1-3H3,(H,36,38)(H,37,39)(H,40,41,42)/t26-,28-,31?. The Balaban J connectivity index is 1.46. The molecule has 0 radical (unpaired) electrons. The summed E-state index contributed by atoms with van der Waals surface area (Å²) in [6.45, 7) is 6.64. The molecule has 0 bridgehead atoms. The molecule has 1 aliphatic rings. The molecule has 0 aromatic heterocycles. The van der Waals surface area contributed by atoms with E-state index in [4.69, 9.17) is 4.55 Å². The van der Waals surface area contributed by atoms with Gasteiger partial charge in [-0.3, -0.25) is 14.1 Å². The van der Waals surface area contributed by atoms with Crippen molar-refractivity contribution in [3.8, 4) is 11.1 Å². The molecular weight excluding hydrogens is 567 g/mol. The van der Waals surface area contributed by atoms with Crippen molar-refractivity contribution >= 4 is 27.6 Å². The zero-order chi connectivity index (χ0) is 31.2. The number of halogens is 1. The van der Waals surface area contributed by atoms with E-state index >= 15 is 0 Å². The van der Waals surface area contributed by atoms with E-state index in [-0.39, 0.29) is 35.5 Å². The maximum absolute atomic E-state index is 13.8. The highest BCUT2D eigenvalue weighted by Gasteiger charge is 2.35. The van der Waals surface area contributed by atoms with Crippen molar-refractivity contribution in [1.82, 2.24) is 5.32 Å². The van der Waals surface area contributed by atoms with E-state index in [2.05, 4.69) is 31.4 Å². The number of hydrogen-bond acceptors (Lipinski definition) is 4. The summed E-state index contributed by atoms with van der Waals surface area (Å²) in [5, 5.41) is 5.61. The Labute approximate surface area is 254 Å². The van der Waals surface area contributed by atoms with E-state index in [1.807, 2.05) is 36.4 Å². The highest BCUT2D eigenvalue weighted by molar-refractivity contribution is 7.85. The molecule has 0 spiro atoms. The van der Waals surface area contributed by atoms with Crippen molar-refractivity contribution in [2.24, 2.45) is 23.2 Å². The minimum atomic E-state index is -4.16. The van der Waals surface area contributed by atoms with Gasteiger partial charge in [-0.05, 0) is 102 Å². The Morgan fingerprint density at radius 1 is 0.884 bits per heavy atom. The molecule has 1 fully saturated rings. The molecule has 1 aliphatic carbocycles. The number of carbonyl (C=O) groups excluding carboxylic acids is 2. The SMILES string of the molecule is CC(C)(C)[C@H]1CC[C@H](C(Cc2ccc(C(=O)NCCS(=O)(=O)O)cc2)C(=O)Nc2ccc(-c3ccc(F)cc3)cc2)CC1. The van der Waals surface area contributed by atoms with Crippen LogP contribution in [0.25, 0.3) is 11.1 Å². The number of nitrogens with one attached hydrogen (secondary N) is 2. The molecule has 1 saturated carbocycles. The Morgan fingerprint density at radius 2 is 1.44 bits per heavy atom. The maximum atomic E-state index is 13.8. The average Bonchev–Trinajstić information content (AvgIpc) is 2.96. The van der Waals surface area contributed by atoms with Crippen molar-refractivity contribution in [1.29, 1.82) is 0 Å². The monoisotopic (exact) mass is 608 g/mol. The molecule has 7 nitrogen and oxygen atoms in total. The van der Waals surface area contributed by atoms with Gasteiger partial charge in [-0.15, -0.1) is 0 Å². The third kappa shape index (κ3) is 9.46. The number of anilines is 1. The summed E-state index contributed by atoms with van der Waals surface area (Å²) in [5.74, 6) is -0.739. The van der Waals surface area contributed by atoms with Gasteiger partial charge in [0.25, 0.3) is 16.0 Å². The molecule has 0 heterocycles. The van der Waals surface area contributed by atoms with Crippen LogP contribution in [0.4, 0.5) is 10.1 Å². The van der Waals surface area contributed by atoms with E-state index < -0.39 is 21.8 Å². The van der Waals surface area contributed by atoms with Gasteiger partial charge in [0.1, 0.15) is 5.82 Å².